The van der Waals surface area contributed by atoms with Gasteiger partial charge < -0.3 is 9.47 Å². The van der Waals surface area contributed by atoms with Crippen LogP contribution in [-0.4, -0.2) is 30.4 Å². The lowest BCUT2D eigenvalue weighted by Gasteiger charge is -2.18. The SMILES string of the molecule is CCC(=O)O[C@@H](CC(=O)OCC(=O)c1ccc(Br)cc1)CC(C)C. The highest BCUT2D eigenvalue weighted by Gasteiger charge is 2.21. The molecule has 0 aliphatic carbocycles. The molecule has 24 heavy (non-hydrogen) atoms. The van der Waals surface area contributed by atoms with Gasteiger partial charge in [-0.1, -0.05) is 48.8 Å². The van der Waals surface area contributed by atoms with Gasteiger partial charge in [-0.15, -0.1) is 0 Å². The third-order valence-electron chi connectivity index (χ3n) is 3.25. The van der Waals surface area contributed by atoms with Crippen LogP contribution in [0.4, 0.5) is 0 Å². The molecule has 0 aromatic heterocycles. The zero-order valence-corrected chi connectivity index (χ0v) is 15.8. The zero-order valence-electron chi connectivity index (χ0n) is 14.2. The minimum atomic E-state index is -0.546. The second-order valence-electron chi connectivity index (χ2n) is 5.89. The first-order chi connectivity index (χ1) is 11.3. The Morgan fingerprint density at radius 2 is 1.71 bits per heavy atom. The molecule has 0 spiro atoms. The van der Waals surface area contributed by atoms with Crippen molar-refractivity contribution in [2.75, 3.05) is 6.61 Å². The third-order valence-corrected chi connectivity index (χ3v) is 3.77. The lowest BCUT2D eigenvalue weighted by atomic mass is 10.0. The summed E-state index contributed by atoms with van der Waals surface area (Å²) in [5.74, 6) is -0.895. The third kappa shape index (κ3) is 7.73. The summed E-state index contributed by atoms with van der Waals surface area (Å²) in [5, 5.41) is 0. The molecular weight excluding hydrogens is 376 g/mol. The van der Waals surface area contributed by atoms with Crippen molar-refractivity contribution < 1.29 is 23.9 Å². The van der Waals surface area contributed by atoms with Gasteiger partial charge in [0.25, 0.3) is 0 Å². The summed E-state index contributed by atoms with van der Waals surface area (Å²) in [4.78, 5) is 35.3. The number of hydrogen-bond acceptors (Lipinski definition) is 5. The first-order valence-corrected chi connectivity index (χ1v) is 8.75. The summed E-state index contributed by atoms with van der Waals surface area (Å²) < 4.78 is 11.1. The maximum Gasteiger partial charge on any atom is 0.310 e. The summed E-state index contributed by atoms with van der Waals surface area (Å²) in [6.45, 7) is 5.34. The van der Waals surface area contributed by atoms with Gasteiger partial charge in [0.05, 0.1) is 6.42 Å². The lowest BCUT2D eigenvalue weighted by molar-refractivity contribution is -0.155. The molecule has 0 amide bonds. The smallest absolute Gasteiger partial charge is 0.310 e. The minimum Gasteiger partial charge on any atom is -0.462 e. The van der Waals surface area contributed by atoms with E-state index in [1.54, 1.807) is 31.2 Å². The Bertz CT molecular complexity index is 565. The van der Waals surface area contributed by atoms with E-state index in [9.17, 15) is 14.4 Å². The topological polar surface area (TPSA) is 69.7 Å². The molecular formula is C18H23BrO5. The molecule has 0 fully saturated rings. The average Bonchev–Trinajstić information content (AvgIpc) is 2.52. The van der Waals surface area contributed by atoms with Crippen LogP contribution in [0.2, 0.25) is 0 Å². The van der Waals surface area contributed by atoms with Gasteiger partial charge in [-0.2, -0.15) is 0 Å². The fourth-order valence-corrected chi connectivity index (χ4v) is 2.34. The normalized spacial score (nSPS) is 11.9. The van der Waals surface area contributed by atoms with Crippen molar-refractivity contribution in [1.82, 2.24) is 0 Å². The Morgan fingerprint density at radius 3 is 2.25 bits per heavy atom. The van der Waals surface area contributed by atoms with Crippen LogP contribution in [-0.2, 0) is 19.1 Å². The van der Waals surface area contributed by atoms with Crippen molar-refractivity contribution in [2.24, 2.45) is 5.92 Å². The molecule has 0 aliphatic heterocycles. The highest BCUT2D eigenvalue weighted by molar-refractivity contribution is 9.10. The van der Waals surface area contributed by atoms with Gasteiger partial charge in [-0.25, -0.2) is 0 Å². The van der Waals surface area contributed by atoms with Crippen molar-refractivity contribution in [3.63, 3.8) is 0 Å². The molecule has 6 heteroatoms. The molecule has 0 unspecified atom stereocenters. The maximum absolute atomic E-state index is 12.0. The first kappa shape index (κ1) is 20.4. The van der Waals surface area contributed by atoms with Crippen molar-refractivity contribution in [3.8, 4) is 0 Å². The molecule has 5 nitrogen and oxygen atoms in total. The molecule has 0 heterocycles. The summed E-state index contributed by atoms with van der Waals surface area (Å²) in [6.07, 6.45) is 0.262. The largest absolute Gasteiger partial charge is 0.462 e. The monoisotopic (exact) mass is 398 g/mol. The lowest BCUT2D eigenvalue weighted by Crippen LogP contribution is -2.25. The van der Waals surface area contributed by atoms with E-state index in [-0.39, 0.29) is 37.1 Å². The van der Waals surface area contributed by atoms with Crippen molar-refractivity contribution >= 4 is 33.7 Å². The van der Waals surface area contributed by atoms with Crippen molar-refractivity contribution in [3.05, 3.63) is 34.3 Å². The van der Waals surface area contributed by atoms with E-state index in [1.807, 2.05) is 13.8 Å². The summed E-state index contributed by atoms with van der Waals surface area (Å²) in [7, 11) is 0. The molecule has 0 saturated carbocycles. The highest BCUT2D eigenvalue weighted by atomic mass is 79.9. The number of hydrogen-bond donors (Lipinski definition) is 0. The van der Waals surface area contributed by atoms with Gasteiger partial charge in [0, 0.05) is 16.5 Å². The molecule has 0 radical (unpaired) electrons. The summed E-state index contributed by atoms with van der Waals surface area (Å²) in [5.41, 5.74) is 0.474. The number of carbonyl (C=O) groups is 3. The van der Waals surface area contributed by atoms with E-state index in [1.165, 1.54) is 0 Å². The van der Waals surface area contributed by atoms with E-state index in [2.05, 4.69) is 15.9 Å². The van der Waals surface area contributed by atoms with E-state index >= 15 is 0 Å². The molecule has 1 rings (SSSR count). The van der Waals surface area contributed by atoms with Gasteiger partial charge in [-0.05, 0) is 24.5 Å². The second-order valence-corrected chi connectivity index (χ2v) is 6.81. The van der Waals surface area contributed by atoms with E-state index < -0.39 is 12.1 Å². The van der Waals surface area contributed by atoms with Gasteiger partial charge in [0.1, 0.15) is 6.10 Å². The van der Waals surface area contributed by atoms with Crippen LogP contribution in [0.15, 0.2) is 28.7 Å². The minimum absolute atomic E-state index is 0.0441. The Morgan fingerprint density at radius 1 is 1.08 bits per heavy atom. The van der Waals surface area contributed by atoms with Crippen molar-refractivity contribution in [1.29, 1.82) is 0 Å². The van der Waals surface area contributed by atoms with Gasteiger partial charge in [-0.3, -0.25) is 14.4 Å². The van der Waals surface area contributed by atoms with Crippen LogP contribution >= 0.6 is 15.9 Å². The van der Waals surface area contributed by atoms with Crippen LogP contribution in [0.5, 0.6) is 0 Å². The number of esters is 2. The number of benzene rings is 1. The predicted octanol–water partition coefficient (Wildman–Crippen LogP) is 3.93. The van der Waals surface area contributed by atoms with Crippen LogP contribution in [0.1, 0.15) is 50.4 Å². The fraction of sp³-hybridized carbons (Fsp3) is 0.500. The number of halogens is 1. The highest BCUT2D eigenvalue weighted by Crippen LogP contribution is 2.14. The van der Waals surface area contributed by atoms with Crippen LogP contribution in [0.3, 0.4) is 0 Å². The Balaban J connectivity index is 2.51. The number of ether oxygens (including phenoxy) is 2. The van der Waals surface area contributed by atoms with Crippen LogP contribution < -0.4 is 0 Å². The van der Waals surface area contributed by atoms with Gasteiger partial charge in [0.2, 0.25) is 0 Å². The van der Waals surface area contributed by atoms with Crippen LogP contribution in [0, 0.1) is 5.92 Å². The molecule has 0 N–H and O–H groups in total. The summed E-state index contributed by atoms with van der Waals surface area (Å²) in [6, 6.07) is 6.81. The van der Waals surface area contributed by atoms with E-state index in [4.69, 9.17) is 9.47 Å². The quantitative estimate of drug-likeness (QED) is 0.465. The molecule has 1 aromatic rings. The molecule has 1 aromatic carbocycles. The number of Topliss-reactive ketones (excluding diaryl/α,β-unsaturated/α-hetero) is 1. The standard InChI is InChI=1S/C18H23BrO5/c1-4-17(21)24-15(9-12(2)3)10-18(22)23-11-16(20)13-5-7-14(19)8-6-13/h5-8,12,15H,4,9-11H2,1-3H3/t15-/m1/s1. The van der Waals surface area contributed by atoms with E-state index in [0.717, 1.165) is 4.47 Å². The zero-order chi connectivity index (χ0) is 18.1. The summed E-state index contributed by atoms with van der Waals surface area (Å²) >= 11 is 3.29. The fourth-order valence-electron chi connectivity index (χ4n) is 2.08. The Hall–Kier alpha value is -1.69. The Kier molecular flexibility index (Phi) is 8.68. The number of rotatable bonds is 9. The second kappa shape index (κ2) is 10.2. The molecule has 0 saturated heterocycles. The number of ketones is 1. The van der Waals surface area contributed by atoms with E-state index in [0.29, 0.717) is 12.0 Å². The number of carbonyl (C=O) groups excluding carboxylic acids is 3. The van der Waals surface area contributed by atoms with Crippen molar-refractivity contribution in [2.45, 2.75) is 46.1 Å². The Labute approximate surface area is 150 Å². The maximum atomic E-state index is 12.0. The predicted molar refractivity (Wildman–Crippen MR) is 93.7 cm³/mol. The molecule has 0 aliphatic rings. The van der Waals surface area contributed by atoms with Gasteiger partial charge in [0.15, 0.2) is 12.4 Å². The average molecular weight is 399 g/mol. The first-order valence-electron chi connectivity index (χ1n) is 7.95. The molecule has 0 bridgehead atoms. The molecule has 132 valence electrons. The van der Waals surface area contributed by atoms with Gasteiger partial charge >= 0.3 is 11.9 Å². The van der Waals surface area contributed by atoms with Crippen LogP contribution in [0.25, 0.3) is 0 Å². The molecule has 1 atom stereocenters.